The second-order valence-electron chi connectivity index (χ2n) is 13.3. The van der Waals surface area contributed by atoms with E-state index >= 15 is 0 Å². The van der Waals surface area contributed by atoms with E-state index in [1.807, 2.05) is 36.4 Å². The van der Waals surface area contributed by atoms with E-state index in [0.717, 1.165) is 36.1 Å². The van der Waals surface area contributed by atoms with Crippen molar-refractivity contribution >= 4 is 54.5 Å². The van der Waals surface area contributed by atoms with Crippen LogP contribution < -0.4 is 21.3 Å². The highest BCUT2D eigenvalue weighted by Crippen LogP contribution is 2.42. The molecule has 0 bridgehead atoms. The van der Waals surface area contributed by atoms with Gasteiger partial charge in [-0.3, -0.25) is 9.69 Å². The first-order valence-electron chi connectivity index (χ1n) is 15.8. The van der Waals surface area contributed by atoms with Gasteiger partial charge in [-0.25, -0.2) is 0 Å². The lowest BCUT2D eigenvalue weighted by Gasteiger charge is -2.42. The molecule has 1 aliphatic carbocycles. The Balaban J connectivity index is 1.21. The summed E-state index contributed by atoms with van der Waals surface area (Å²) in [6.07, 6.45) is 5.70. The van der Waals surface area contributed by atoms with Crippen molar-refractivity contribution in [2.45, 2.75) is 63.6 Å². The van der Waals surface area contributed by atoms with Crippen molar-refractivity contribution < 1.29 is 9.59 Å². The lowest BCUT2D eigenvalue weighted by molar-refractivity contribution is -0.125. The molecule has 1 amide bonds. The molecule has 1 aromatic heterocycles. The molecule has 0 saturated carbocycles. The molecule has 3 N–H and O–H groups in total. The van der Waals surface area contributed by atoms with Gasteiger partial charge in [-0.1, -0.05) is 99.6 Å². The van der Waals surface area contributed by atoms with Crippen LogP contribution in [0, 0.1) is 5.92 Å². The third kappa shape index (κ3) is 5.22. The largest absolute Gasteiger partial charge is 0.424 e. The molecule has 0 unspecified atom stereocenters. The van der Waals surface area contributed by atoms with Gasteiger partial charge in [-0.2, -0.15) is 0 Å². The smallest absolute Gasteiger partial charge is 0.258 e. The number of nitrogens with one attached hydrogen (secondary N) is 2. The monoisotopic (exact) mass is 589 g/mol. The standard InChI is InChI=1S/C36H44BN3O2Si/c1-5-25(19-20-36(2,3)43(42,26-13-8-6-9-14-26)27-15-10-7-11-16-27)38-35(41)24-21-29-28-17-12-18-31-33(28)30(34(37)39-31)22-32(29)40(4)23-24/h6-18,21,24-25,32,39,42H,5,19-20,22-23,37H2,1-4H3,(H,38,41)/t24-,25+,32-/m1/s1. The van der Waals surface area contributed by atoms with E-state index in [2.05, 4.69) is 99.4 Å². The van der Waals surface area contributed by atoms with Gasteiger partial charge in [0.05, 0.1) is 5.92 Å². The van der Waals surface area contributed by atoms with Crippen LogP contribution in [0.4, 0.5) is 0 Å². The van der Waals surface area contributed by atoms with Gasteiger partial charge in [0.25, 0.3) is 8.32 Å². The molecule has 5 nitrogen and oxygen atoms in total. The second kappa shape index (κ2) is 11.6. The zero-order valence-corrected chi connectivity index (χ0v) is 27.2. The molecule has 43 heavy (non-hydrogen) atoms. The number of amides is 1. The Kier molecular flexibility index (Phi) is 8.01. The first-order valence-corrected chi connectivity index (χ1v) is 17.7. The Bertz CT molecular complexity index is 1610. The first-order chi connectivity index (χ1) is 20.6. The fraction of sp³-hybridized carbons (Fsp3) is 0.361. The maximum absolute atomic E-state index is 13.8. The van der Waals surface area contributed by atoms with Crippen molar-refractivity contribution in [1.82, 2.24) is 15.2 Å². The van der Waals surface area contributed by atoms with Crippen molar-refractivity contribution in [2.75, 3.05) is 13.6 Å². The van der Waals surface area contributed by atoms with E-state index in [9.17, 15) is 9.59 Å². The number of aromatic amines is 1. The topological polar surface area (TPSA) is 68.4 Å². The third-order valence-electron chi connectivity index (χ3n) is 10.3. The Hall–Kier alpha value is -3.39. The number of carbonyl (C=O) groups is 1. The number of likely N-dealkylation sites (N-methyl/N-ethyl adjacent to an activating group) is 1. The molecule has 6 rings (SSSR count). The van der Waals surface area contributed by atoms with Crippen LogP contribution in [-0.2, 0) is 11.2 Å². The molecule has 2 heterocycles. The summed E-state index contributed by atoms with van der Waals surface area (Å²) in [5, 5.41) is 6.45. The van der Waals surface area contributed by atoms with Crippen LogP contribution in [-0.4, -0.2) is 62.4 Å². The summed E-state index contributed by atoms with van der Waals surface area (Å²) in [6, 6.07) is 27.2. The molecule has 7 heteroatoms. The molecule has 0 saturated heterocycles. The van der Waals surface area contributed by atoms with Gasteiger partial charge in [-0.15, -0.1) is 0 Å². The number of benzene rings is 3. The number of carbonyl (C=O) groups excluding carboxylic acids is 1. The summed E-state index contributed by atoms with van der Waals surface area (Å²) in [6.45, 7) is 7.27. The van der Waals surface area contributed by atoms with Crippen molar-refractivity contribution in [3.63, 3.8) is 0 Å². The molecule has 4 aromatic rings. The van der Waals surface area contributed by atoms with E-state index < -0.39 is 8.32 Å². The Morgan fingerprint density at radius 1 is 1.07 bits per heavy atom. The van der Waals surface area contributed by atoms with Gasteiger partial charge < -0.3 is 15.1 Å². The predicted molar refractivity (Wildman–Crippen MR) is 184 cm³/mol. The Labute approximate surface area is 257 Å². The minimum absolute atomic E-state index is 0.0479. The van der Waals surface area contributed by atoms with Gasteiger partial charge in [-0.05, 0) is 76.5 Å². The van der Waals surface area contributed by atoms with Crippen LogP contribution in [0.3, 0.4) is 0 Å². The van der Waals surface area contributed by atoms with E-state index in [1.165, 1.54) is 33.2 Å². The summed E-state index contributed by atoms with van der Waals surface area (Å²) in [4.78, 5) is 32.3. The maximum Gasteiger partial charge on any atom is 0.258 e. The lowest BCUT2D eigenvalue weighted by atomic mass is 9.77. The first kappa shape index (κ1) is 29.7. The fourth-order valence-corrected chi connectivity index (χ4v) is 11.3. The highest BCUT2D eigenvalue weighted by Gasteiger charge is 2.49. The zero-order valence-electron chi connectivity index (χ0n) is 26.2. The molecular weight excluding hydrogens is 545 g/mol. The van der Waals surface area contributed by atoms with Crippen LogP contribution >= 0.6 is 0 Å². The minimum Gasteiger partial charge on any atom is -0.424 e. The van der Waals surface area contributed by atoms with Crippen LogP contribution in [0.25, 0.3) is 16.5 Å². The van der Waals surface area contributed by atoms with E-state index in [0.29, 0.717) is 6.54 Å². The second-order valence-corrected chi connectivity index (χ2v) is 17.3. The van der Waals surface area contributed by atoms with E-state index in [-0.39, 0.29) is 28.9 Å². The van der Waals surface area contributed by atoms with E-state index in [1.54, 1.807) is 0 Å². The van der Waals surface area contributed by atoms with Crippen molar-refractivity contribution in [3.05, 3.63) is 96.1 Å². The van der Waals surface area contributed by atoms with Crippen molar-refractivity contribution in [3.8, 4) is 0 Å². The summed E-state index contributed by atoms with van der Waals surface area (Å²) in [7, 11) is 1.23. The average Bonchev–Trinajstić information content (AvgIpc) is 3.35. The fourth-order valence-electron chi connectivity index (χ4n) is 7.59. The number of H-pyrrole nitrogens is 1. The molecule has 0 fully saturated rings. The number of hydrogen-bond acceptors (Lipinski definition) is 3. The van der Waals surface area contributed by atoms with Gasteiger partial charge in [0.2, 0.25) is 5.91 Å². The molecular formula is C36H44BN3O2Si. The summed E-state index contributed by atoms with van der Waals surface area (Å²) < 4.78 is 0. The Morgan fingerprint density at radius 3 is 2.35 bits per heavy atom. The van der Waals surface area contributed by atoms with Crippen LogP contribution in [0.5, 0.6) is 0 Å². The van der Waals surface area contributed by atoms with Crippen LogP contribution in [0.15, 0.2) is 84.9 Å². The number of fused-ring (bicyclic) bond motifs is 2. The average molecular weight is 590 g/mol. The normalized spacial score (nSPS) is 19.5. The Morgan fingerprint density at radius 2 is 1.72 bits per heavy atom. The van der Waals surface area contributed by atoms with Crippen LogP contribution in [0.1, 0.15) is 51.2 Å². The molecule has 2 aliphatic rings. The van der Waals surface area contributed by atoms with Gasteiger partial charge in [0, 0.05) is 29.5 Å². The maximum atomic E-state index is 13.8. The third-order valence-corrected chi connectivity index (χ3v) is 14.8. The van der Waals surface area contributed by atoms with E-state index in [4.69, 9.17) is 0 Å². The molecule has 3 atom stereocenters. The predicted octanol–water partition coefficient (Wildman–Crippen LogP) is 3.50. The molecule has 0 spiro atoms. The van der Waals surface area contributed by atoms with Crippen molar-refractivity contribution in [1.29, 1.82) is 0 Å². The van der Waals surface area contributed by atoms with Crippen LogP contribution in [0.2, 0.25) is 5.04 Å². The number of rotatable bonds is 9. The molecule has 222 valence electrons. The highest BCUT2D eigenvalue weighted by atomic mass is 28.4. The lowest BCUT2D eigenvalue weighted by Crippen LogP contribution is -2.65. The minimum atomic E-state index is -3.09. The summed E-state index contributed by atoms with van der Waals surface area (Å²) in [5.41, 5.74) is 6.38. The number of aromatic nitrogens is 1. The zero-order chi connectivity index (χ0) is 30.4. The van der Waals surface area contributed by atoms with Crippen molar-refractivity contribution in [2.24, 2.45) is 5.92 Å². The quantitative estimate of drug-likeness (QED) is 0.262. The number of nitrogens with zero attached hydrogens (tertiary/aromatic N) is 1. The summed E-state index contributed by atoms with van der Waals surface area (Å²) >= 11 is 0. The molecule has 1 aliphatic heterocycles. The number of hydrogen-bond donors (Lipinski definition) is 3. The van der Waals surface area contributed by atoms with Gasteiger partial charge in [0.15, 0.2) is 7.85 Å². The highest BCUT2D eigenvalue weighted by molar-refractivity contribution is 6.98. The SMILES string of the molecule is Bc1[nH]c2cccc3c2c1C[C@@H]1C3=C[C@@H](C(=O)N[C@@H](CC)CCC(C)(C)[Si](O)(c2ccccc2)c2ccccc2)CN1C. The van der Waals surface area contributed by atoms with Gasteiger partial charge in [0.1, 0.15) is 0 Å². The summed E-state index contributed by atoms with van der Waals surface area (Å²) in [5.74, 6) is -0.0978. The molecule has 3 aromatic carbocycles. The van der Waals surface area contributed by atoms with Gasteiger partial charge >= 0.3 is 0 Å². The molecule has 0 radical (unpaired) electrons.